The third-order valence-electron chi connectivity index (χ3n) is 3.34. The number of hydrogen-bond donors (Lipinski definition) is 1. The van der Waals surface area contributed by atoms with E-state index >= 15 is 0 Å². The smallest absolute Gasteiger partial charge is 0.250 e. The van der Waals surface area contributed by atoms with Crippen LogP contribution in [-0.2, 0) is 5.54 Å². The van der Waals surface area contributed by atoms with Crippen molar-refractivity contribution < 1.29 is 4.52 Å². The van der Waals surface area contributed by atoms with Crippen molar-refractivity contribution in [2.24, 2.45) is 5.73 Å². The molecule has 94 valence electrons. The molecule has 2 aromatic rings. The second-order valence-corrected chi connectivity index (χ2v) is 5.49. The van der Waals surface area contributed by atoms with Gasteiger partial charge in [0.2, 0.25) is 0 Å². The Morgan fingerprint density at radius 3 is 2.89 bits per heavy atom. The molecule has 0 atom stereocenters. The van der Waals surface area contributed by atoms with Crippen LogP contribution in [0, 0.1) is 0 Å². The van der Waals surface area contributed by atoms with Crippen LogP contribution in [0.4, 0.5) is 0 Å². The molecule has 0 spiro atoms. The maximum atomic E-state index is 6.28. The Morgan fingerprint density at radius 2 is 2.17 bits per heavy atom. The highest BCUT2D eigenvalue weighted by atomic mass is 32.1. The summed E-state index contributed by atoms with van der Waals surface area (Å²) in [6.07, 6.45) is 7.97. The summed E-state index contributed by atoms with van der Waals surface area (Å²) in [6.45, 7) is 0. The van der Waals surface area contributed by atoms with Crippen molar-refractivity contribution >= 4 is 23.5 Å². The average Bonchev–Trinajstić information content (AvgIpc) is 3.08. The van der Waals surface area contributed by atoms with E-state index in [9.17, 15) is 0 Å². The third kappa shape index (κ3) is 2.23. The van der Waals surface area contributed by atoms with Crippen molar-refractivity contribution in [3.05, 3.63) is 34.1 Å². The monoisotopic (exact) mass is 261 g/mol. The Labute approximate surface area is 110 Å². The maximum absolute atomic E-state index is 6.28. The molecule has 0 bridgehead atoms. The lowest BCUT2D eigenvalue weighted by Crippen LogP contribution is -2.34. The molecule has 0 amide bonds. The van der Waals surface area contributed by atoms with E-state index in [4.69, 9.17) is 10.3 Å². The highest BCUT2D eigenvalue weighted by molar-refractivity contribution is 7.08. The Morgan fingerprint density at radius 1 is 1.33 bits per heavy atom. The number of thiophene rings is 1. The van der Waals surface area contributed by atoms with Crippen LogP contribution in [0.15, 0.2) is 21.3 Å². The zero-order chi connectivity index (χ0) is 12.4. The Kier molecular flexibility index (Phi) is 3.01. The highest BCUT2D eigenvalue weighted by Gasteiger charge is 2.35. The van der Waals surface area contributed by atoms with Gasteiger partial charge in [-0.25, -0.2) is 0 Å². The topological polar surface area (TPSA) is 64.9 Å². The third-order valence-corrected chi connectivity index (χ3v) is 4.05. The van der Waals surface area contributed by atoms with E-state index in [1.807, 2.05) is 23.6 Å². The molecule has 0 radical (unpaired) electrons. The summed E-state index contributed by atoms with van der Waals surface area (Å²) in [5.74, 6) is 1.16. The number of rotatable bonds is 3. The summed E-state index contributed by atoms with van der Waals surface area (Å²) in [5.41, 5.74) is 7.04. The zero-order valence-corrected chi connectivity index (χ0v) is 10.8. The molecule has 1 saturated carbocycles. The van der Waals surface area contributed by atoms with E-state index in [-0.39, 0.29) is 5.54 Å². The van der Waals surface area contributed by atoms with E-state index in [1.54, 1.807) is 11.3 Å². The van der Waals surface area contributed by atoms with Crippen molar-refractivity contribution in [2.75, 3.05) is 0 Å². The molecule has 0 aromatic carbocycles. The van der Waals surface area contributed by atoms with Crippen LogP contribution in [0.1, 0.15) is 43.0 Å². The first kappa shape index (κ1) is 11.6. The van der Waals surface area contributed by atoms with Gasteiger partial charge in [0.15, 0.2) is 5.82 Å². The van der Waals surface area contributed by atoms with Crippen LogP contribution < -0.4 is 5.73 Å². The standard InChI is InChI=1S/C13H15N3OS/c14-13(6-1-2-7-13)12-15-11(17-16-12)4-3-10-5-8-18-9-10/h3-5,8-9H,1-2,6-7,14H2/b4-3+. The van der Waals surface area contributed by atoms with Crippen molar-refractivity contribution in [1.29, 1.82) is 0 Å². The zero-order valence-electron chi connectivity index (χ0n) is 10.0. The van der Waals surface area contributed by atoms with Crippen molar-refractivity contribution in [3.63, 3.8) is 0 Å². The lowest BCUT2D eigenvalue weighted by Gasteiger charge is -2.17. The first-order valence-electron chi connectivity index (χ1n) is 6.10. The molecule has 2 aromatic heterocycles. The summed E-state index contributed by atoms with van der Waals surface area (Å²) in [6, 6.07) is 2.04. The molecule has 2 heterocycles. The normalized spacial score (nSPS) is 18.7. The van der Waals surface area contributed by atoms with Crippen molar-refractivity contribution in [3.8, 4) is 0 Å². The van der Waals surface area contributed by atoms with Crippen LogP contribution in [0.5, 0.6) is 0 Å². The minimum atomic E-state index is -0.377. The van der Waals surface area contributed by atoms with Crippen molar-refractivity contribution in [1.82, 2.24) is 10.1 Å². The maximum Gasteiger partial charge on any atom is 0.250 e. The predicted octanol–water partition coefficient (Wildman–Crippen LogP) is 3.03. The van der Waals surface area contributed by atoms with Gasteiger partial charge in [0, 0.05) is 6.08 Å². The molecule has 1 fully saturated rings. The lowest BCUT2D eigenvalue weighted by molar-refractivity contribution is 0.364. The molecule has 5 heteroatoms. The highest BCUT2D eigenvalue weighted by Crippen LogP contribution is 2.34. The fourth-order valence-electron chi connectivity index (χ4n) is 2.27. The van der Waals surface area contributed by atoms with Gasteiger partial charge in [-0.05, 0) is 41.3 Å². The molecule has 1 aliphatic carbocycles. The number of aromatic nitrogens is 2. The molecule has 2 N–H and O–H groups in total. The Balaban J connectivity index is 1.77. The van der Waals surface area contributed by atoms with Gasteiger partial charge in [0.05, 0.1) is 5.54 Å². The van der Waals surface area contributed by atoms with E-state index < -0.39 is 0 Å². The number of nitrogens with two attached hydrogens (primary N) is 1. The first-order valence-corrected chi connectivity index (χ1v) is 7.04. The van der Waals surface area contributed by atoms with E-state index in [0.717, 1.165) is 31.2 Å². The van der Waals surface area contributed by atoms with Gasteiger partial charge >= 0.3 is 0 Å². The predicted molar refractivity (Wildman–Crippen MR) is 71.9 cm³/mol. The van der Waals surface area contributed by atoms with Crippen LogP contribution in [0.2, 0.25) is 0 Å². The van der Waals surface area contributed by atoms with Gasteiger partial charge in [-0.2, -0.15) is 16.3 Å². The van der Waals surface area contributed by atoms with Gasteiger partial charge in [0.25, 0.3) is 5.89 Å². The second-order valence-electron chi connectivity index (χ2n) is 4.71. The summed E-state index contributed by atoms with van der Waals surface area (Å²) in [5, 5.41) is 8.11. The molecule has 1 aliphatic rings. The molecule has 0 unspecified atom stereocenters. The number of hydrogen-bond acceptors (Lipinski definition) is 5. The van der Waals surface area contributed by atoms with E-state index in [2.05, 4.69) is 15.5 Å². The lowest BCUT2D eigenvalue weighted by atomic mass is 9.99. The van der Waals surface area contributed by atoms with E-state index in [0.29, 0.717) is 11.7 Å². The Hall–Kier alpha value is -1.46. The van der Waals surface area contributed by atoms with Crippen LogP contribution in [0.3, 0.4) is 0 Å². The average molecular weight is 261 g/mol. The summed E-state index contributed by atoms with van der Waals surface area (Å²) < 4.78 is 5.22. The van der Waals surface area contributed by atoms with Gasteiger partial charge in [-0.3, -0.25) is 0 Å². The number of nitrogens with zero attached hydrogens (tertiary/aromatic N) is 2. The summed E-state index contributed by atoms with van der Waals surface area (Å²) in [4.78, 5) is 4.38. The van der Waals surface area contributed by atoms with Gasteiger partial charge in [-0.15, -0.1) is 0 Å². The largest absolute Gasteiger partial charge is 0.335 e. The summed E-state index contributed by atoms with van der Waals surface area (Å²) >= 11 is 1.66. The fourth-order valence-corrected chi connectivity index (χ4v) is 2.90. The fraction of sp³-hybridized carbons (Fsp3) is 0.385. The quantitative estimate of drug-likeness (QED) is 0.922. The van der Waals surface area contributed by atoms with Crippen molar-refractivity contribution in [2.45, 2.75) is 31.2 Å². The Bertz CT molecular complexity index is 538. The summed E-state index contributed by atoms with van der Waals surface area (Å²) in [7, 11) is 0. The molecule has 0 saturated heterocycles. The van der Waals surface area contributed by atoms with Gasteiger partial charge in [-0.1, -0.05) is 18.0 Å². The molecule has 4 nitrogen and oxygen atoms in total. The second kappa shape index (κ2) is 4.66. The minimum absolute atomic E-state index is 0.377. The molecule has 0 aliphatic heterocycles. The van der Waals surface area contributed by atoms with Crippen LogP contribution in [0.25, 0.3) is 12.2 Å². The minimum Gasteiger partial charge on any atom is -0.335 e. The van der Waals surface area contributed by atoms with Gasteiger partial charge < -0.3 is 10.3 Å². The van der Waals surface area contributed by atoms with Crippen LogP contribution >= 0.6 is 11.3 Å². The van der Waals surface area contributed by atoms with E-state index in [1.165, 1.54) is 0 Å². The first-order chi connectivity index (χ1) is 8.76. The molecular formula is C13H15N3OS. The van der Waals surface area contributed by atoms with Gasteiger partial charge in [0.1, 0.15) is 0 Å². The molecule has 18 heavy (non-hydrogen) atoms. The molecule has 3 rings (SSSR count). The SMILES string of the molecule is NC1(c2noc(/C=C/c3ccsc3)n2)CCCC1. The van der Waals surface area contributed by atoms with Crippen LogP contribution in [-0.4, -0.2) is 10.1 Å². The molecular weight excluding hydrogens is 246 g/mol.